The Morgan fingerprint density at radius 2 is 1.90 bits per heavy atom. The van der Waals surface area contributed by atoms with E-state index in [9.17, 15) is 14.0 Å². The lowest BCUT2D eigenvalue weighted by Gasteiger charge is -2.43. The average molecular weight is 548 g/mol. The number of hydrogen-bond donors (Lipinski definition) is 2. The van der Waals surface area contributed by atoms with Gasteiger partial charge in [-0.15, -0.1) is 0 Å². The molecule has 3 aromatic rings. The first-order valence-electron chi connectivity index (χ1n) is 13.6. The zero-order valence-corrected chi connectivity index (χ0v) is 22.0. The van der Waals surface area contributed by atoms with E-state index in [-0.39, 0.29) is 29.5 Å². The van der Waals surface area contributed by atoms with Crippen molar-refractivity contribution in [3.63, 3.8) is 0 Å². The summed E-state index contributed by atoms with van der Waals surface area (Å²) < 4.78 is 40.1. The number of piperidine rings is 1. The van der Waals surface area contributed by atoms with Crippen molar-refractivity contribution < 1.29 is 18.3 Å². The number of benzene rings is 2. The number of anilines is 3. The van der Waals surface area contributed by atoms with Crippen molar-refractivity contribution >= 4 is 17.3 Å². The molecule has 0 radical (unpaired) electrons. The number of ether oxygens (including phenoxy) is 2. The second-order valence-electron chi connectivity index (χ2n) is 10.3. The van der Waals surface area contributed by atoms with Crippen LogP contribution in [0, 0.1) is 17.1 Å². The number of aromatic nitrogens is 2. The van der Waals surface area contributed by atoms with Crippen LogP contribution in [0.1, 0.15) is 12.0 Å². The monoisotopic (exact) mass is 547 g/mol. The van der Waals surface area contributed by atoms with Gasteiger partial charge in [-0.3, -0.25) is 4.90 Å². The minimum atomic E-state index is -1.17. The van der Waals surface area contributed by atoms with Crippen molar-refractivity contribution in [2.24, 2.45) is 0 Å². The maximum absolute atomic E-state index is 14.8. The van der Waals surface area contributed by atoms with Gasteiger partial charge in [0.2, 0.25) is 5.95 Å². The maximum Gasteiger partial charge on any atom is 0.227 e. The number of piperazine rings is 1. The van der Waals surface area contributed by atoms with Crippen LogP contribution in [0.2, 0.25) is 0 Å². The molecule has 0 amide bonds. The van der Waals surface area contributed by atoms with Crippen molar-refractivity contribution in [2.75, 3.05) is 62.7 Å². The Bertz CT molecular complexity index is 1370. The minimum Gasteiger partial charge on any atom is -0.486 e. The van der Waals surface area contributed by atoms with Crippen LogP contribution in [-0.2, 0) is 4.74 Å². The largest absolute Gasteiger partial charge is 0.486 e. The van der Waals surface area contributed by atoms with Gasteiger partial charge in [0.15, 0.2) is 5.82 Å². The van der Waals surface area contributed by atoms with Gasteiger partial charge in [-0.25, -0.2) is 18.7 Å². The van der Waals surface area contributed by atoms with Crippen molar-refractivity contribution in [3.05, 3.63) is 60.0 Å². The van der Waals surface area contributed by atoms with Gasteiger partial charge in [0, 0.05) is 49.7 Å². The van der Waals surface area contributed by atoms with Gasteiger partial charge in [-0.1, -0.05) is 0 Å². The standard InChI is InChI=1S/C29H31F2N7O2/c30-24-15-33-8-7-27(24)40-26-6-1-19(13-20(26)14-32)28-25(31)16-34-29(36-28)35-21-2-4-22(5-3-21)37-9-11-38(12-10-37)23-17-39-18-23/h1-6,13,16,23-24,27,33H,7-12,15,17-18H2,(H,34,35,36)/t24-,27+/m1/s1. The van der Waals surface area contributed by atoms with Gasteiger partial charge in [0.1, 0.15) is 29.8 Å². The van der Waals surface area contributed by atoms with Crippen molar-refractivity contribution in [2.45, 2.75) is 24.7 Å². The predicted molar refractivity (Wildman–Crippen MR) is 147 cm³/mol. The van der Waals surface area contributed by atoms with Gasteiger partial charge in [-0.2, -0.15) is 5.26 Å². The van der Waals surface area contributed by atoms with Gasteiger partial charge >= 0.3 is 0 Å². The number of rotatable bonds is 7. The predicted octanol–water partition coefficient (Wildman–Crippen LogP) is 3.50. The summed E-state index contributed by atoms with van der Waals surface area (Å²) in [6.07, 6.45) is -0.203. The molecule has 9 nitrogen and oxygen atoms in total. The van der Waals surface area contributed by atoms with E-state index >= 15 is 0 Å². The Hall–Kier alpha value is -3.85. The van der Waals surface area contributed by atoms with Crippen LogP contribution in [0.15, 0.2) is 48.7 Å². The molecule has 208 valence electrons. The highest BCUT2D eigenvalue weighted by Gasteiger charge is 2.29. The first-order valence-corrected chi connectivity index (χ1v) is 13.6. The molecule has 3 fully saturated rings. The smallest absolute Gasteiger partial charge is 0.227 e. The summed E-state index contributed by atoms with van der Waals surface area (Å²) in [7, 11) is 0. The molecule has 0 saturated carbocycles. The van der Waals surface area contributed by atoms with E-state index < -0.39 is 18.1 Å². The van der Waals surface area contributed by atoms with Crippen LogP contribution < -0.4 is 20.3 Å². The lowest BCUT2D eigenvalue weighted by atomic mass is 10.1. The number of hydrogen-bond acceptors (Lipinski definition) is 9. The Morgan fingerprint density at radius 1 is 1.10 bits per heavy atom. The molecule has 3 aliphatic heterocycles. The van der Waals surface area contributed by atoms with E-state index in [0.29, 0.717) is 24.6 Å². The molecular weight excluding hydrogens is 516 g/mol. The molecule has 11 heteroatoms. The maximum atomic E-state index is 14.8. The molecule has 0 aliphatic carbocycles. The molecule has 0 bridgehead atoms. The third-order valence-electron chi connectivity index (χ3n) is 7.68. The highest BCUT2D eigenvalue weighted by atomic mass is 19.1. The Labute approximate surface area is 231 Å². The van der Waals surface area contributed by atoms with E-state index in [0.717, 1.165) is 57.0 Å². The molecule has 2 aromatic carbocycles. The third-order valence-corrected chi connectivity index (χ3v) is 7.68. The van der Waals surface area contributed by atoms with Crippen LogP contribution in [0.3, 0.4) is 0 Å². The summed E-state index contributed by atoms with van der Waals surface area (Å²) in [5, 5.41) is 15.8. The van der Waals surface area contributed by atoms with Crippen molar-refractivity contribution in [1.29, 1.82) is 5.26 Å². The normalized spacial score (nSPS) is 21.9. The molecule has 0 spiro atoms. The lowest BCUT2D eigenvalue weighted by Crippen LogP contribution is -2.56. The van der Waals surface area contributed by atoms with Crippen molar-refractivity contribution in [1.82, 2.24) is 20.2 Å². The summed E-state index contributed by atoms with van der Waals surface area (Å²) >= 11 is 0. The zero-order chi connectivity index (χ0) is 27.5. The summed E-state index contributed by atoms with van der Waals surface area (Å²) in [5.41, 5.74) is 2.56. The van der Waals surface area contributed by atoms with E-state index in [2.05, 4.69) is 48.6 Å². The van der Waals surface area contributed by atoms with Gasteiger partial charge in [0.05, 0.1) is 31.0 Å². The van der Waals surface area contributed by atoms with Crippen LogP contribution in [0.4, 0.5) is 26.1 Å². The number of nitrogens with zero attached hydrogens (tertiary/aromatic N) is 5. The molecule has 2 N–H and O–H groups in total. The molecule has 4 heterocycles. The topological polar surface area (TPSA) is 98.6 Å². The van der Waals surface area contributed by atoms with Crippen LogP contribution in [0.5, 0.6) is 5.75 Å². The first-order chi connectivity index (χ1) is 19.6. The Kier molecular flexibility index (Phi) is 7.73. The summed E-state index contributed by atoms with van der Waals surface area (Å²) in [6.45, 7) is 6.51. The minimum absolute atomic E-state index is 0.0529. The van der Waals surface area contributed by atoms with E-state index in [1.54, 1.807) is 12.1 Å². The van der Waals surface area contributed by atoms with Crippen LogP contribution in [-0.4, -0.2) is 85.7 Å². The fourth-order valence-corrected chi connectivity index (χ4v) is 5.25. The summed E-state index contributed by atoms with van der Waals surface area (Å²) in [6, 6.07) is 15.3. The molecule has 3 saturated heterocycles. The second-order valence-corrected chi connectivity index (χ2v) is 10.3. The number of nitriles is 1. The summed E-state index contributed by atoms with van der Waals surface area (Å²) in [5.74, 6) is -0.116. The highest BCUT2D eigenvalue weighted by molar-refractivity contribution is 5.67. The number of nitrogens with one attached hydrogen (secondary N) is 2. The average Bonchev–Trinajstić information content (AvgIpc) is 2.95. The summed E-state index contributed by atoms with van der Waals surface area (Å²) in [4.78, 5) is 13.3. The number of halogens is 2. The van der Waals surface area contributed by atoms with Gasteiger partial charge in [0.25, 0.3) is 0 Å². The van der Waals surface area contributed by atoms with Crippen molar-refractivity contribution in [3.8, 4) is 23.1 Å². The highest BCUT2D eigenvalue weighted by Crippen LogP contribution is 2.30. The molecular formula is C29H31F2N7O2. The molecule has 6 rings (SSSR count). The fourth-order valence-electron chi connectivity index (χ4n) is 5.25. The van der Waals surface area contributed by atoms with E-state index in [1.165, 1.54) is 6.07 Å². The molecule has 40 heavy (non-hydrogen) atoms. The second kappa shape index (κ2) is 11.7. The fraction of sp³-hybridized carbons (Fsp3) is 0.414. The molecule has 1 aromatic heterocycles. The first kappa shape index (κ1) is 26.4. The third kappa shape index (κ3) is 5.70. The van der Waals surface area contributed by atoms with Gasteiger partial charge < -0.3 is 25.0 Å². The number of alkyl halides is 1. The van der Waals surface area contributed by atoms with Crippen LogP contribution >= 0.6 is 0 Å². The molecule has 3 aliphatic rings. The Morgan fingerprint density at radius 3 is 2.60 bits per heavy atom. The van der Waals surface area contributed by atoms with Gasteiger partial charge in [-0.05, 0) is 55.4 Å². The lowest BCUT2D eigenvalue weighted by molar-refractivity contribution is -0.0660. The van der Waals surface area contributed by atoms with Crippen LogP contribution in [0.25, 0.3) is 11.3 Å². The quantitative estimate of drug-likeness (QED) is 0.461. The van der Waals surface area contributed by atoms with E-state index in [4.69, 9.17) is 9.47 Å². The molecule has 2 atom stereocenters. The molecule has 0 unspecified atom stereocenters. The van der Waals surface area contributed by atoms with E-state index in [1.807, 2.05) is 12.1 Å². The Balaban J connectivity index is 1.13. The zero-order valence-electron chi connectivity index (χ0n) is 22.0. The SMILES string of the molecule is N#Cc1cc(-c2nc(Nc3ccc(N4CCN(C5COC5)CC4)cc3)ncc2F)ccc1O[C@H]1CCNC[C@H]1F.